The Balaban J connectivity index is 2.58. The third-order valence-electron chi connectivity index (χ3n) is 2.98. The summed E-state index contributed by atoms with van der Waals surface area (Å²) in [5.74, 6) is 0. The van der Waals surface area contributed by atoms with E-state index in [1.165, 1.54) is 0 Å². The van der Waals surface area contributed by atoms with Gasteiger partial charge in [-0.1, -0.05) is 36.4 Å². The van der Waals surface area contributed by atoms with E-state index in [0.717, 1.165) is 21.9 Å². The summed E-state index contributed by atoms with van der Waals surface area (Å²) in [6, 6.07) is 12.2. The van der Waals surface area contributed by atoms with Crippen molar-refractivity contribution >= 4 is 26.4 Å². The van der Waals surface area contributed by atoms with Crippen molar-refractivity contribution in [2.24, 2.45) is 0 Å². The van der Waals surface area contributed by atoms with E-state index in [9.17, 15) is 9.13 Å². The summed E-state index contributed by atoms with van der Waals surface area (Å²) in [5, 5.41) is 2.30. The van der Waals surface area contributed by atoms with Gasteiger partial charge in [-0.25, -0.2) is 0 Å². The lowest BCUT2D eigenvalue weighted by Gasteiger charge is -2.10. The summed E-state index contributed by atoms with van der Waals surface area (Å²) in [7, 11) is -3.04. The smallest absolute Gasteiger partial charge is 0.0775 e. The van der Waals surface area contributed by atoms with Crippen LogP contribution in [0.25, 0.3) is 10.8 Å². The largest absolute Gasteiger partial charge is 0.327 e. The van der Waals surface area contributed by atoms with Crippen LogP contribution in [-0.4, -0.2) is 13.3 Å². The summed E-state index contributed by atoms with van der Waals surface area (Å²) in [5.41, 5.74) is 2.27. The van der Waals surface area contributed by atoms with Gasteiger partial charge in [0.2, 0.25) is 0 Å². The Morgan fingerprint density at radius 2 is 1.17 bits per heavy atom. The molecule has 2 unspecified atom stereocenters. The first kappa shape index (κ1) is 13.6. The molecule has 0 saturated carbocycles. The zero-order valence-electron chi connectivity index (χ0n) is 10.7. The molecule has 2 rings (SSSR count). The minimum atomic E-state index is -1.52. The molecule has 0 aliphatic carbocycles. The second-order valence-corrected chi connectivity index (χ2v) is 8.20. The van der Waals surface area contributed by atoms with Crippen molar-refractivity contribution in [2.45, 2.75) is 12.3 Å². The van der Waals surface area contributed by atoms with Crippen LogP contribution in [0.15, 0.2) is 36.4 Å². The SMILES string of the molecule is C[PH](=O)Cc1ccc(C[PH](C)=O)c2ccccc12. The van der Waals surface area contributed by atoms with Crippen LogP contribution < -0.4 is 0 Å². The van der Waals surface area contributed by atoms with Gasteiger partial charge < -0.3 is 9.13 Å². The van der Waals surface area contributed by atoms with Crippen molar-refractivity contribution < 1.29 is 9.13 Å². The van der Waals surface area contributed by atoms with Crippen LogP contribution in [0.5, 0.6) is 0 Å². The lowest BCUT2D eigenvalue weighted by molar-refractivity contribution is 0.589. The molecule has 0 N–H and O–H groups in total. The standard InChI is InChI=1S/C14H18O2P2/c1-17(15)9-11-7-8-12(10-18(2)16)14-6-4-3-5-13(11)14/h3-8,17-18H,9-10H2,1-2H3. The Morgan fingerprint density at radius 1 is 0.778 bits per heavy atom. The van der Waals surface area contributed by atoms with Gasteiger partial charge in [0.05, 0.1) is 15.6 Å². The predicted octanol–water partition coefficient (Wildman–Crippen LogP) is 4.22. The van der Waals surface area contributed by atoms with E-state index in [4.69, 9.17) is 0 Å². The van der Waals surface area contributed by atoms with Crippen LogP contribution >= 0.6 is 15.6 Å². The minimum Gasteiger partial charge on any atom is -0.327 e. The Kier molecular flexibility index (Phi) is 4.43. The van der Waals surface area contributed by atoms with E-state index in [2.05, 4.69) is 12.1 Å². The van der Waals surface area contributed by atoms with Crippen LogP contribution in [-0.2, 0) is 21.5 Å². The number of benzene rings is 2. The van der Waals surface area contributed by atoms with Crippen LogP contribution in [0.1, 0.15) is 11.1 Å². The molecule has 0 spiro atoms. The number of hydrogen-bond acceptors (Lipinski definition) is 2. The zero-order chi connectivity index (χ0) is 13.1. The van der Waals surface area contributed by atoms with E-state index < -0.39 is 15.6 Å². The lowest BCUT2D eigenvalue weighted by atomic mass is 10.0. The first-order chi connectivity index (χ1) is 8.58. The van der Waals surface area contributed by atoms with Crippen molar-refractivity contribution in [2.75, 3.05) is 13.3 Å². The van der Waals surface area contributed by atoms with Gasteiger partial charge in [-0.15, -0.1) is 0 Å². The van der Waals surface area contributed by atoms with Crippen LogP contribution in [0.2, 0.25) is 0 Å². The highest BCUT2D eigenvalue weighted by Gasteiger charge is 2.07. The fourth-order valence-electron chi connectivity index (χ4n) is 2.27. The van der Waals surface area contributed by atoms with Crippen LogP contribution in [0.3, 0.4) is 0 Å². The maximum Gasteiger partial charge on any atom is 0.0775 e. The van der Waals surface area contributed by atoms with Crippen LogP contribution in [0.4, 0.5) is 0 Å². The summed E-state index contributed by atoms with van der Waals surface area (Å²) in [6.45, 7) is 3.58. The maximum absolute atomic E-state index is 11.5. The molecule has 0 fully saturated rings. The Morgan fingerprint density at radius 3 is 1.50 bits per heavy atom. The van der Waals surface area contributed by atoms with E-state index >= 15 is 0 Å². The molecule has 0 radical (unpaired) electrons. The average Bonchev–Trinajstić information content (AvgIpc) is 2.31. The molecule has 96 valence electrons. The topological polar surface area (TPSA) is 34.1 Å². The molecule has 2 nitrogen and oxygen atoms in total. The molecule has 0 heterocycles. The van der Waals surface area contributed by atoms with Gasteiger partial charge in [0.25, 0.3) is 0 Å². The average molecular weight is 280 g/mol. The zero-order valence-corrected chi connectivity index (χ0v) is 12.7. The van der Waals surface area contributed by atoms with Crippen molar-refractivity contribution in [1.82, 2.24) is 0 Å². The Bertz CT molecular complexity index is 566. The molecule has 2 aromatic carbocycles. The monoisotopic (exact) mass is 280 g/mol. The maximum atomic E-state index is 11.5. The van der Waals surface area contributed by atoms with Crippen molar-refractivity contribution in [3.8, 4) is 0 Å². The molecule has 0 bridgehead atoms. The first-order valence-corrected chi connectivity index (χ1v) is 10.3. The Hall–Kier alpha value is -0.840. The molecule has 2 aromatic rings. The van der Waals surface area contributed by atoms with Crippen molar-refractivity contribution in [3.63, 3.8) is 0 Å². The van der Waals surface area contributed by atoms with Crippen molar-refractivity contribution in [3.05, 3.63) is 47.5 Å². The number of fused-ring (bicyclic) bond motifs is 1. The highest BCUT2D eigenvalue weighted by atomic mass is 31.1. The highest BCUT2D eigenvalue weighted by molar-refractivity contribution is 7.43. The molecule has 2 atom stereocenters. The second-order valence-electron chi connectivity index (χ2n) is 4.69. The van der Waals surface area contributed by atoms with Gasteiger partial charge in [-0.2, -0.15) is 0 Å². The molecule has 0 aromatic heterocycles. The third kappa shape index (κ3) is 3.13. The molecule has 18 heavy (non-hydrogen) atoms. The van der Waals surface area contributed by atoms with E-state index in [0.29, 0.717) is 12.3 Å². The fourth-order valence-corrected chi connectivity index (χ4v) is 3.96. The molecule has 0 saturated heterocycles. The molecule has 0 aliphatic rings. The van der Waals surface area contributed by atoms with Gasteiger partial charge in [-0.3, -0.25) is 0 Å². The summed E-state index contributed by atoms with van der Waals surface area (Å²) in [4.78, 5) is 0. The first-order valence-electron chi connectivity index (χ1n) is 6.06. The summed E-state index contributed by atoms with van der Waals surface area (Å²) < 4.78 is 22.9. The molecular weight excluding hydrogens is 262 g/mol. The lowest BCUT2D eigenvalue weighted by Crippen LogP contribution is -1.89. The fraction of sp³-hybridized carbons (Fsp3) is 0.286. The minimum absolute atomic E-state index is 0.646. The normalized spacial score (nSPS) is 14.6. The number of rotatable bonds is 4. The molecule has 0 aliphatic heterocycles. The molecular formula is C14H18O2P2. The van der Waals surface area contributed by atoms with Crippen LogP contribution in [0, 0.1) is 0 Å². The molecule has 4 heteroatoms. The van der Waals surface area contributed by atoms with E-state index in [-0.39, 0.29) is 0 Å². The van der Waals surface area contributed by atoms with Gasteiger partial charge in [0.15, 0.2) is 0 Å². The molecule has 0 amide bonds. The highest BCUT2D eigenvalue weighted by Crippen LogP contribution is 2.32. The predicted molar refractivity (Wildman–Crippen MR) is 81.2 cm³/mol. The quantitative estimate of drug-likeness (QED) is 0.786. The third-order valence-corrected chi connectivity index (χ3v) is 4.74. The summed E-state index contributed by atoms with van der Waals surface area (Å²) in [6.07, 6.45) is 1.29. The van der Waals surface area contributed by atoms with Gasteiger partial charge in [0.1, 0.15) is 0 Å². The Labute approximate surface area is 109 Å². The van der Waals surface area contributed by atoms with Gasteiger partial charge >= 0.3 is 0 Å². The van der Waals surface area contributed by atoms with Gasteiger partial charge in [0, 0.05) is 12.3 Å². The van der Waals surface area contributed by atoms with E-state index in [1.807, 2.05) is 24.3 Å². The second kappa shape index (κ2) is 5.87. The summed E-state index contributed by atoms with van der Waals surface area (Å²) >= 11 is 0. The van der Waals surface area contributed by atoms with Gasteiger partial charge in [-0.05, 0) is 35.2 Å². The number of hydrogen-bond donors (Lipinski definition) is 0. The van der Waals surface area contributed by atoms with Crippen molar-refractivity contribution in [1.29, 1.82) is 0 Å². The van der Waals surface area contributed by atoms with E-state index in [1.54, 1.807) is 13.3 Å².